The average molecular weight is 691 g/mol. The van der Waals surface area contributed by atoms with Gasteiger partial charge in [0.2, 0.25) is 11.7 Å². The summed E-state index contributed by atoms with van der Waals surface area (Å²) < 4.78 is 19.8. The number of fused-ring (bicyclic) bond motifs is 1. The fourth-order valence-electron chi connectivity index (χ4n) is 4.57. The van der Waals surface area contributed by atoms with Crippen molar-refractivity contribution < 1.29 is 23.8 Å². The molecule has 3 aromatic carbocycles. The van der Waals surface area contributed by atoms with Crippen molar-refractivity contribution in [1.82, 2.24) is 19.3 Å². The Morgan fingerprint density at radius 2 is 1.64 bits per heavy atom. The summed E-state index contributed by atoms with van der Waals surface area (Å²) in [4.78, 5) is 43.5. The summed E-state index contributed by atoms with van der Waals surface area (Å²) in [5.41, 5.74) is 2.38. The summed E-state index contributed by atoms with van der Waals surface area (Å²) in [6.45, 7) is -0.253. The van der Waals surface area contributed by atoms with E-state index in [1.807, 2.05) is 30.5 Å². The largest absolute Gasteiger partial charge is 0.493 e. The lowest BCUT2D eigenvalue weighted by Gasteiger charge is -2.12. The molecule has 0 saturated heterocycles. The summed E-state index contributed by atoms with van der Waals surface area (Å²) in [7, 11) is 4.56. The number of halogens is 1. The molecule has 45 heavy (non-hydrogen) atoms. The second-order valence-electron chi connectivity index (χ2n) is 9.56. The Bertz CT molecular complexity index is 1940. The van der Waals surface area contributed by atoms with E-state index >= 15 is 0 Å². The molecule has 0 saturated carbocycles. The molecule has 0 aliphatic rings. The number of hydrogen-bond donors (Lipinski definition) is 1. The minimum Gasteiger partial charge on any atom is -0.493 e. The van der Waals surface area contributed by atoms with E-state index in [0.29, 0.717) is 50.1 Å². The summed E-state index contributed by atoms with van der Waals surface area (Å²) in [5, 5.41) is 8.19. The third-order valence-electron chi connectivity index (χ3n) is 6.77. The first-order valence-corrected chi connectivity index (χ1v) is 15.5. The van der Waals surface area contributed by atoms with Crippen molar-refractivity contribution in [3.8, 4) is 22.9 Å². The van der Waals surface area contributed by atoms with Gasteiger partial charge in [0.15, 0.2) is 22.9 Å². The van der Waals surface area contributed by atoms with Gasteiger partial charge in [-0.25, -0.2) is 9.67 Å². The predicted molar refractivity (Wildman–Crippen MR) is 177 cm³/mol. The SMILES string of the molecule is COc1cc(/C=C/C(=O)c2ccc(NC(=O)Cn3cnc4c(c(SC)nn4-c4ccc(Br)cc4)c3=O)cc2)cc(OC)c1OC. The maximum Gasteiger partial charge on any atom is 0.266 e. The number of carbonyl (C=O) groups excluding carboxylic acids is 2. The van der Waals surface area contributed by atoms with Crippen molar-refractivity contribution >= 4 is 62.2 Å². The number of hydrogen-bond acceptors (Lipinski definition) is 9. The highest BCUT2D eigenvalue weighted by Crippen LogP contribution is 2.38. The van der Waals surface area contributed by atoms with Crippen LogP contribution in [-0.2, 0) is 11.3 Å². The molecule has 0 fully saturated rings. The number of carbonyl (C=O) groups is 2. The van der Waals surface area contributed by atoms with Crippen molar-refractivity contribution in [3.63, 3.8) is 0 Å². The molecule has 0 unspecified atom stereocenters. The van der Waals surface area contributed by atoms with Crippen LogP contribution in [0.3, 0.4) is 0 Å². The number of nitrogens with one attached hydrogen (secondary N) is 1. The van der Waals surface area contributed by atoms with Crippen LogP contribution in [0.4, 0.5) is 5.69 Å². The van der Waals surface area contributed by atoms with E-state index in [4.69, 9.17) is 14.2 Å². The van der Waals surface area contributed by atoms with Gasteiger partial charge in [0.25, 0.3) is 5.56 Å². The fraction of sp³-hybridized carbons (Fsp3) is 0.156. The number of methoxy groups -OCH3 is 3. The molecular formula is C32H28BrN5O6S. The number of amides is 1. The van der Waals surface area contributed by atoms with Gasteiger partial charge in [-0.05, 0) is 78.6 Å². The quantitative estimate of drug-likeness (QED) is 0.107. The number of ether oxygens (including phenoxy) is 3. The topological polar surface area (TPSA) is 127 Å². The summed E-state index contributed by atoms with van der Waals surface area (Å²) >= 11 is 4.75. The lowest BCUT2D eigenvalue weighted by atomic mass is 10.1. The molecule has 230 valence electrons. The zero-order valence-corrected chi connectivity index (χ0v) is 27.1. The first-order valence-electron chi connectivity index (χ1n) is 13.5. The van der Waals surface area contributed by atoms with Gasteiger partial charge in [0.05, 0.1) is 27.0 Å². The van der Waals surface area contributed by atoms with Crippen molar-refractivity contribution in [1.29, 1.82) is 0 Å². The van der Waals surface area contributed by atoms with Crippen LogP contribution in [0.25, 0.3) is 22.8 Å². The van der Waals surface area contributed by atoms with Crippen LogP contribution < -0.4 is 25.1 Å². The second-order valence-corrected chi connectivity index (χ2v) is 11.3. The molecule has 0 aliphatic carbocycles. The van der Waals surface area contributed by atoms with Gasteiger partial charge in [0, 0.05) is 15.7 Å². The first kappa shape index (κ1) is 31.5. The van der Waals surface area contributed by atoms with Gasteiger partial charge in [-0.3, -0.25) is 19.0 Å². The van der Waals surface area contributed by atoms with E-state index < -0.39 is 5.91 Å². The highest BCUT2D eigenvalue weighted by atomic mass is 79.9. The van der Waals surface area contributed by atoms with Crippen LogP contribution in [0.2, 0.25) is 0 Å². The smallest absolute Gasteiger partial charge is 0.266 e. The monoisotopic (exact) mass is 689 g/mol. The van der Waals surface area contributed by atoms with E-state index in [-0.39, 0.29) is 17.9 Å². The zero-order valence-electron chi connectivity index (χ0n) is 24.7. The molecule has 0 aliphatic heterocycles. The molecule has 1 N–H and O–H groups in total. The molecule has 5 rings (SSSR count). The van der Waals surface area contributed by atoms with Crippen molar-refractivity contribution in [3.05, 3.63) is 99.0 Å². The number of rotatable bonds is 11. The molecule has 0 radical (unpaired) electrons. The molecule has 0 spiro atoms. The van der Waals surface area contributed by atoms with Gasteiger partial charge in [-0.1, -0.05) is 22.0 Å². The van der Waals surface area contributed by atoms with Gasteiger partial charge >= 0.3 is 0 Å². The Morgan fingerprint density at radius 1 is 0.978 bits per heavy atom. The van der Waals surface area contributed by atoms with Crippen LogP contribution in [0, 0.1) is 0 Å². The minimum absolute atomic E-state index is 0.235. The number of aromatic nitrogens is 4. The molecular weight excluding hydrogens is 662 g/mol. The van der Waals surface area contributed by atoms with Crippen LogP contribution in [0.15, 0.2) is 87.4 Å². The molecule has 2 aromatic heterocycles. The third-order valence-corrected chi connectivity index (χ3v) is 7.97. The van der Waals surface area contributed by atoms with E-state index in [9.17, 15) is 14.4 Å². The standard InChI is InChI=1S/C32H28BrN5O6S/c1-42-25-15-19(16-26(43-2)29(25)44-3)5-14-24(39)20-6-10-22(11-7-20)35-27(40)17-37-18-34-30-28(32(37)41)31(45-4)36-38(30)23-12-8-21(33)9-13-23/h5-16,18H,17H2,1-4H3,(H,35,40)/b14-5+. The van der Waals surface area contributed by atoms with E-state index in [1.165, 1.54) is 50.1 Å². The lowest BCUT2D eigenvalue weighted by Crippen LogP contribution is -2.28. The Balaban J connectivity index is 1.28. The van der Waals surface area contributed by atoms with Crippen molar-refractivity contribution in [2.45, 2.75) is 11.6 Å². The minimum atomic E-state index is -0.425. The number of anilines is 1. The lowest BCUT2D eigenvalue weighted by molar-refractivity contribution is -0.116. The van der Waals surface area contributed by atoms with Crippen LogP contribution in [-0.4, -0.2) is 58.6 Å². The Morgan fingerprint density at radius 3 is 2.24 bits per heavy atom. The van der Waals surface area contributed by atoms with E-state index in [1.54, 1.807) is 47.2 Å². The first-order chi connectivity index (χ1) is 21.8. The van der Waals surface area contributed by atoms with Gasteiger partial charge < -0.3 is 19.5 Å². The number of thioether (sulfide) groups is 1. The van der Waals surface area contributed by atoms with E-state index in [0.717, 1.165) is 10.2 Å². The predicted octanol–water partition coefficient (Wildman–Crippen LogP) is 5.63. The zero-order chi connectivity index (χ0) is 32.1. The van der Waals surface area contributed by atoms with Crippen LogP contribution in [0.5, 0.6) is 17.2 Å². The average Bonchev–Trinajstić information content (AvgIpc) is 3.44. The Labute approximate surface area is 271 Å². The molecule has 0 bridgehead atoms. The van der Waals surface area contributed by atoms with Crippen molar-refractivity contribution in [2.24, 2.45) is 0 Å². The molecule has 1 amide bonds. The Hall–Kier alpha value is -4.88. The second kappa shape index (κ2) is 13.8. The van der Waals surface area contributed by atoms with E-state index in [2.05, 4.69) is 31.3 Å². The summed E-state index contributed by atoms with van der Waals surface area (Å²) in [6, 6.07) is 17.4. The molecule has 0 atom stereocenters. The highest BCUT2D eigenvalue weighted by molar-refractivity contribution is 9.10. The molecule has 2 heterocycles. The fourth-order valence-corrected chi connectivity index (χ4v) is 5.38. The highest BCUT2D eigenvalue weighted by Gasteiger charge is 2.19. The number of allylic oxidation sites excluding steroid dienone is 1. The van der Waals surface area contributed by atoms with Gasteiger partial charge in [-0.15, -0.1) is 11.8 Å². The van der Waals surface area contributed by atoms with Crippen molar-refractivity contribution in [2.75, 3.05) is 32.9 Å². The number of nitrogens with zero attached hydrogens (tertiary/aromatic N) is 4. The normalized spacial score (nSPS) is 11.1. The van der Waals surface area contributed by atoms with Crippen LogP contribution >= 0.6 is 27.7 Å². The maximum absolute atomic E-state index is 13.4. The van der Waals surface area contributed by atoms with Gasteiger partial charge in [0.1, 0.15) is 23.3 Å². The molecule has 5 aromatic rings. The van der Waals surface area contributed by atoms with Gasteiger partial charge in [-0.2, -0.15) is 5.10 Å². The maximum atomic E-state index is 13.4. The number of ketones is 1. The number of benzene rings is 3. The Kier molecular flexibility index (Phi) is 9.69. The summed E-state index contributed by atoms with van der Waals surface area (Å²) in [5.74, 6) is 0.747. The van der Waals surface area contributed by atoms with Crippen LogP contribution in [0.1, 0.15) is 15.9 Å². The molecule has 13 heteroatoms. The summed E-state index contributed by atoms with van der Waals surface area (Å²) in [6.07, 6.45) is 6.25. The molecule has 11 nitrogen and oxygen atoms in total. The third kappa shape index (κ3) is 6.79.